The minimum atomic E-state index is -0.310. The Kier molecular flexibility index (Phi) is 4.29. The van der Waals surface area contributed by atoms with Crippen LogP contribution in [0.5, 0.6) is 0 Å². The van der Waals surface area contributed by atoms with E-state index in [0.717, 1.165) is 5.56 Å². The van der Waals surface area contributed by atoms with Crippen LogP contribution in [-0.4, -0.2) is 15.5 Å². The third kappa shape index (κ3) is 3.40. The van der Waals surface area contributed by atoms with Crippen LogP contribution in [0.25, 0.3) is 0 Å². The van der Waals surface area contributed by atoms with Crippen LogP contribution in [0.3, 0.4) is 0 Å². The van der Waals surface area contributed by atoms with Crippen molar-refractivity contribution >= 4 is 22.4 Å². The van der Waals surface area contributed by atoms with Gasteiger partial charge in [0.25, 0.3) is 0 Å². The third-order valence-electron chi connectivity index (χ3n) is 3.28. The van der Waals surface area contributed by atoms with Gasteiger partial charge < -0.3 is 9.88 Å². The molecule has 0 bridgehead atoms. The molecule has 0 fully saturated rings. The molecule has 112 valence electrons. The number of halogens is 1. The average Bonchev–Trinajstić information content (AvgIpc) is 3.18. The molecule has 1 atom stereocenters. The predicted molar refractivity (Wildman–Crippen MR) is 84.3 cm³/mol. The molecule has 2 aromatic heterocycles. The Balaban J connectivity index is 1.82. The summed E-state index contributed by atoms with van der Waals surface area (Å²) in [7, 11) is 0. The smallest absolute Gasteiger partial charge is 0.228 e. The molecule has 6 heteroatoms. The highest BCUT2D eigenvalue weighted by molar-refractivity contribution is 7.13. The first-order valence-electron chi connectivity index (χ1n) is 6.79. The van der Waals surface area contributed by atoms with Crippen molar-refractivity contribution in [2.75, 3.05) is 5.32 Å². The number of anilines is 1. The first kappa shape index (κ1) is 14.5. The summed E-state index contributed by atoms with van der Waals surface area (Å²) in [6, 6.07) is 9.83. The largest absolute Gasteiger partial charge is 0.346 e. The van der Waals surface area contributed by atoms with E-state index < -0.39 is 0 Å². The molecule has 0 saturated carbocycles. The molecule has 0 unspecified atom stereocenters. The molecule has 22 heavy (non-hydrogen) atoms. The summed E-state index contributed by atoms with van der Waals surface area (Å²) in [4.78, 5) is 16.3. The molecule has 2 heterocycles. The quantitative estimate of drug-likeness (QED) is 0.780. The number of amides is 1. The van der Waals surface area contributed by atoms with Crippen LogP contribution < -0.4 is 5.32 Å². The fraction of sp³-hybridized carbons (Fsp3) is 0.125. The van der Waals surface area contributed by atoms with Gasteiger partial charge in [0.05, 0.1) is 12.5 Å². The molecular weight excluding hydrogens is 301 g/mol. The van der Waals surface area contributed by atoms with E-state index in [0.29, 0.717) is 5.13 Å². The lowest BCUT2D eigenvalue weighted by atomic mass is 10.0. The number of carbonyl (C=O) groups is 1. The van der Waals surface area contributed by atoms with Crippen LogP contribution in [0.15, 0.2) is 60.4 Å². The van der Waals surface area contributed by atoms with E-state index in [-0.39, 0.29) is 24.2 Å². The molecule has 4 nitrogen and oxygen atoms in total. The maximum absolute atomic E-state index is 13.5. The fourth-order valence-electron chi connectivity index (χ4n) is 2.30. The summed E-state index contributed by atoms with van der Waals surface area (Å²) in [6.45, 7) is 0. The maximum atomic E-state index is 13.5. The molecule has 0 aliphatic rings. The van der Waals surface area contributed by atoms with E-state index in [1.807, 2.05) is 35.2 Å². The number of benzene rings is 1. The standard InChI is InChI=1S/C16H14FN3OS/c17-13-5-3-4-12(10-13)14(20-7-1-2-8-20)11-15(21)19-16-18-6-9-22-16/h1-10,14H,11H2,(H,18,19,21)/t14-/m0/s1. The molecule has 1 aromatic carbocycles. The summed E-state index contributed by atoms with van der Waals surface area (Å²) < 4.78 is 15.4. The summed E-state index contributed by atoms with van der Waals surface area (Å²) in [6.07, 6.45) is 5.58. The van der Waals surface area contributed by atoms with Crippen LogP contribution in [0.4, 0.5) is 9.52 Å². The molecular formula is C16H14FN3OS. The topological polar surface area (TPSA) is 46.9 Å². The zero-order valence-electron chi connectivity index (χ0n) is 11.6. The van der Waals surface area contributed by atoms with Gasteiger partial charge in [-0.15, -0.1) is 11.3 Å². The number of rotatable bonds is 5. The SMILES string of the molecule is O=C(C[C@@H](c1cccc(F)c1)n1cccc1)Nc1nccs1. The van der Waals surface area contributed by atoms with Gasteiger partial charge in [-0.2, -0.15) is 0 Å². The van der Waals surface area contributed by atoms with Crippen LogP contribution in [0, 0.1) is 5.82 Å². The Morgan fingerprint density at radius 3 is 2.82 bits per heavy atom. The van der Waals surface area contributed by atoms with Gasteiger partial charge in [-0.25, -0.2) is 9.37 Å². The van der Waals surface area contributed by atoms with Crippen LogP contribution in [0.1, 0.15) is 18.0 Å². The first-order chi connectivity index (χ1) is 10.7. The number of aromatic nitrogens is 2. The van der Waals surface area contributed by atoms with E-state index in [9.17, 15) is 9.18 Å². The monoisotopic (exact) mass is 315 g/mol. The van der Waals surface area contributed by atoms with Gasteiger partial charge >= 0.3 is 0 Å². The molecule has 1 amide bonds. The second kappa shape index (κ2) is 6.53. The number of thiazole rings is 1. The zero-order chi connectivity index (χ0) is 15.4. The highest BCUT2D eigenvalue weighted by Crippen LogP contribution is 2.24. The number of nitrogens with zero attached hydrogens (tertiary/aromatic N) is 2. The lowest BCUT2D eigenvalue weighted by Crippen LogP contribution is -2.19. The van der Waals surface area contributed by atoms with E-state index in [1.54, 1.807) is 17.6 Å². The number of hydrogen-bond donors (Lipinski definition) is 1. The average molecular weight is 315 g/mol. The minimum Gasteiger partial charge on any atom is -0.346 e. The Morgan fingerprint density at radius 1 is 1.32 bits per heavy atom. The highest BCUT2D eigenvalue weighted by Gasteiger charge is 2.18. The number of nitrogens with one attached hydrogen (secondary N) is 1. The van der Waals surface area contributed by atoms with Gasteiger partial charge in [0, 0.05) is 24.0 Å². The van der Waals surface area contributed by atoms with E-state index in [4.69, 9.17) is 0 Å². The van der Waals surface area contributed by atoms with Gasteiger partial charge in [0.1, 0.15) is 5.82 Å². The fourth-order valence-corrected chi connectivity index (χ4v) is 2.84. The molecule has 0 aliphatic heterocycles. The van der Waals surface area contributed by atoms with Crippen molar-refractivity contribution in [1.29, 1.82) is 0 Å². The number of carbonyl (C=O) groups excluding carboxylic acids is 1. The Labute approximate surface area is 131 Å². The Morgan fingerprint density at radius 2 is 2.14 bits per heavy atom. The molecule has 0 spiro atoms. The predicted octanol–water partition coefficient (Wildman–Crippen LogP) is 3.70. The Bertz CT molecular complexity index is 741. The third-order valence-corrected chi connectivity index (χ3v) is 3.97. The van der Waals surface area contributed by atoms with Gasteiger partial charge in [0.15, 0.2) is 5.13 Å². The zero-order valence-corrected chi connectivity index (χ0v) is 12.5. The molecule has 3 aromatic rings. The van der Waals surface area contributed by atoms with Gasteiger partial charge in [-0.3, -0.25) is 4.79 Å². The first-order valence-corrected chi connectivity index (χ1v) is 7.67. The van der Waals surface area contributed by atoms with Crippen molar-refractivity contribution < 1.29 is 9.18 Å². The van der Waals surface area contributed by atoms with Crippen molar-refractivity contribution in [1.82, 2.24) is 9.55 Å². The van der Waals surface area contributed by atoms with Crippen LogP contribution in [0.2, 0.25) is 0 Å². The van der Waals surface area contributed by atoms with E-state index in [1.165, 1.54) is 23.5 Å². The van der Waals surface area contributed by atoms with Gasteiger partial charge in [0.2, 0.25) is 5.91 Å². The molecule has 3 rings (SSSR count). The van der Waals surface area contributed by atoms with Crippen molar-refractivity contribution in [2.45, 2.75) is 12.5 Å². The Hall–Kier alpha value is -2.47. The second-order valence-electron chi connectivity index (χ2n) is 4.79. The summed E-state index contributed by atoms with van der Waals surface area (Å²) in [5.41, 5.74) is 0.755. The van der Waals surface area contributed by atoms with Gasteiger partial charge in [-0.1, -0.05) is 12.1 Å². The molecule has 0 radical (unpaired) electrons. The maximum Gasteiger partial charge on any atom is 0.228 e. The van der Waals surface area contributed by atoms with Crippen LogP contribution >= 0.6 is 11.3 Å². The molecule has 0 saturated heterocycles. The molecule has 1 N–H and O–H groups in total. The normalized spacial score (nSPS) is 12.0. The number of hydrogen-bond acceptors (Lipinski definition) is 3. The minimum absolute atomic E-state index is 0.155. The summed E-state index contributed by atoms with van der Waals surface area (Å²) >= 11 is 1.36. The summed E-state index contributed by atoms with van der Waals surface area (Å²) in [5, 5.41) is 5.12. The van der Waals surface area contributed by atoms with E-state index >= 15 is 0 Å². The lowest BCUT2D eigenvalue weighted by molar-refractivity contribution is -0.116. The second-order valence-corrected chi connectivity index (χ2v) is 5.69. The van der Waals surface area contributed by atoms with Crippen molar-refractivity contribution in [3.8, 4) is 0 Å². The van der Waals surface area contributed by atoms with Crippen molar-refractivity contribution in [3.05, 3.63) is 71.7 Å². The van der Waals surface area contributed by atoms with Crippen molar-refractivity contribution in [3.63, 3.8) is 0 Å². The highest BCUT2D eigenvalue weighted by atomic mass is 32.1. The molecule has 0 aliphatic carbocycles. The summed E-state index contributed by atoms with van der Waals surface area (Å²) in [5.74, 6) is -0.465. The van der Waals surface area contributed by atoms with Crippen molar-refractivity contribution in [2.24, 2.45) is 0 Å². The van der Waals surface area contributed by atoms with Gasteiger partial charge in [-0.05, 0) is 29.8 Å². The van der Waals surface area contributed by atoms with E-state index in [2.05, 4.69) is 10.3 Å². The van der Waals surface area contributed by atoms with Crippen LogP contribution in [-0.2, 0) is 4.79 Å². The lowest BCUT2D eigenvalue weighted by Gasteiger charge is -2.19.